The fraction of sp³-hybridized carbons (Fsp3) is 0.368. The minimum Gasteiger partial charge on any atom is -0.338 e. The fourth-order valence-corrected chi connectivity index (χ4v) is 3.59. The summed E-state index contributed by atoms with van der Waals surface area (Å²) in [5, 5.41) is 19.3. The molecule has 142 valence electrons. The highest BCUT2D eigenvalue weighted by molar-refractivity contribution is 7.16. The molecule has 0 atom stereocenters. The largest absolute Gasteiger partial charge is 0.338 e. The molecule has 0 spiro atoms. The second-order valence-corrected chi connectivity index (χ2v) is 8.09. The molecule has 2 aromatic heterocycles. The summed E-state index contributed by atoms with van der Waals surface area (Å²) < 4.78 is 1.72. The van der Waals surface area contributed by atoms with Gasteiger partial charge >= 0.3 is 6.03 Å². The average Bonchev–Trinajstić information content (AvgIpc) is 3.16. The third-order valence-corrected chi connectivity index (χ3v) is 5.27. The molecular formula is C19H24N6OS. The first-order chi connectivity index (χ1) is 12.8. The molecule has 1 aromatic carbocycles. The summed E-state index contributed by atoms with van der Waals surface area (Å²) in [5.41, 5.74) is 2.60. The van der Waals surface area contributed by atoms with Gasteiger partial charge in [0, 0.05) is 13.0 Å². The summed E-state index contributed by atoms with van der Waals surface area (Å²) in [6.45, 7) is 12.3. The van der Waals surface area contributed by atoms with Crippen LogP contribution in [0.15, 0.2) is 30.8 Å². The molecule has 3 aromatic rings. The number of aromatic nitrogens is 4. The van der Waals surface area contributed by atoms with Crippen molar-refractivity contribution in [3.05, 3.63) is 52.8 Å². The highest BCUT2D eigenvalue weighted by atomic mass is 32.1. The number of allylic oxidation sites excluding steroid dienone is 1. The maximum Gasteiger partial charge on any atom is 0.315 e. The minimum atomic E-state index is -0.500. The number of hydrogen-bond donors (Lipinski definition) is 2. The summed E-state index contributed by atoms with van der Waals surface area (Å²) >= 11 is 1.48. The normalized spacial score (nSPS) is 11.6. The number of amides is 2. The van der Waals surface area contributed by atoms with E-state index in [0.29, 0.717) is 13.0 Å². The van der Waals surface area contributed by atoms with Gasteiger partial charge in [0.15, 0.2) is 5.82 Å². The van der Waals surface area contributed by atoms with E-state index in [1.54, 1.807) is 4.52 Å². The molecule has 7 nitrogen and oxygen atoms in total. The lowest BCUT2D eigenvalue weighted by Crippen LogP contribution is -2.46. The van der Waals surface area contributed by atoms with E-state index >= 15 is 0 Å². The number of nitrogens with zero attached hydrogens (tertiary/aromatic N) is 4. The number of aryl methyl sites for hydroxylation is 1. The molecule has 0 aliphatic rings. The number of benzene rings is 1. The summed E-state index contributed by atoms with van der Waals surface area (Å²) in [7, 11) is 0. The van der Waals surface area contributed by atoms with E-state index in [1.165, 1.54) is 11.3 Å². The van der Waals surface area contributed by atoms with Crippen molar-refractivity contribution >= 4 is 27.9 Å². The van der Waals surface area contributed by atoms with Crippen LogP contribution in [0.1, 0.15) is 42.7 Å². The monoisotopic (exact) mass is 384 g/mol. The zero-order valence-corrected chi connectivity index (χ0v) is 16.9. The van der Waals surface area contributed by atoms with E-state index < -0.39 is 5.54 Å². The van der Waals surface area contributed by atoms with Crippen LogP contribution in [0.5, 0.6) is 0 Å². The van der Waals surface area contributed by atoms with Gasteiger partial charge in [-0.25, -0.2) is 4.79 Å². The Hall–Kier alpha value is -2.74. The first-order valence-corrected chi connectivity index (χ1v) is 9.58. The lowest BCUT2D eigenvalue weighted by atomic mass is 9.92. The topological polar surface area (TPSA) is 84.2 Å². The van der Waals surface area contributed by atoms with E-state index in [2.05, 4.69) is 38.6 Å². The van der Waals surface area contributed by atoms with Crippen molar-refractivity contribution in [1.82, 2.24) is 30.4 Å². The number of hydrogen-bond acceptors (Lipinski definition) is 5. The molecule has 0 aliphatic heterocycles. The average molecular weight is 385 g/mol. The third kappa shape index (κ3) is 4.33. The van der Waals surface area contributed by atoms with E-state index in [1.807, 2.05) is 45.9 Å². The number of fused-ring (bicyclic) bond motifs is 1. The Morgan fingerprint density at radius 1 is 1.33 bits per heavy atom. The van der Waals surface area contributed by atoms with Gasteiger partial charge < -0.3 is 10.6 Å². The van der Waals surface area contributed by atoms with Crippen molar-refractivity contribution in [3.63, 3.8) is 0 Å². The lowest BCUT2D eigenvalue weighted by molar-refractivity contribution is 0.230. The molecule has 0 radical (unpaired) electrons. The molecule has 0 bridgehead atoms. The number of carbonyl (C=O) groups excluding carboxylic acids is 1. The van der Waals surface area contributed by atoms with Crippen molar-refractivity contribution < 1.29 is 4.79 Å². The van der Waals surface area contributed by atoms with E-state index in [4.69, 9.17) is 0 Å². The second kappa shape index (κ2) is 7.48. The van der Waals surface area contributed by atoms with Crippen molar-refractivity contribution in [2.24, 2.45) is 0 Å². The molecule has 2 heterocycles. The predicted molar refractivity (Wildman–Crippen MR) is 108 cm³/mol. The van der Waals surface area contributed by atoms with Crippen molar-refractivity contribution in [1.29, 1.82) is 0 Å². The Balaban J connectivity index is 1.56. The SMILES string of the molecule is C=C(C)c1cccc(C(C)(C)NC(=O)NCCc2nn3c(C)nnc3s2)c1. The van der Waals surface area contributed by atoms with Gasteiger partial charge in [-0.2, -0.15) is 9.61 Å². The Kier molecular flexibility index (Phi) is 5.27. The van der Waals surface area contributed by atoms with Crippen LogP contribution in [0.4, 0.5) is 4.79 Å². The predicted octanol–water partition coefficient (Wildman–Crippen LogP) is 3.30. The van der Waals surface area contributed by atoms with Gasteiger partial charge in [0.2, 0.25) is 4.96 Å². The second-order valence-electron chi connectivity index (χ2n) is 7.05. The molecule has 2 amide bonds. The van der Waals surface area contributed by atoms with Crippen molar-refractivity contribution in [2.45, 2.75) is 39.7 Å². The zero-order chi connectivity index (χ0) is 19.6. The first kappa shape index (κ1) is 19.0. The molecule has 3 rings (SSSR count). The quantitative estimate of drug-likeness (QED) is 0.683. The number of rotatable bonds is 6. The molecule has 0 aliphatic carbocycles. The van der Waals surface area contributed by atoms with Crippen LogP contribution < -0.4 is 10.6 Å². The Morgan fingerprint density at radius 3 is 2.81 bits per heavy atom. The lowest BCUT2D eigenvalue weighted by Gasteiger charge is -2.27. The Morgan fingerprint density at radius 2 is 2.11 bits per heavy atom. The molecule has 8 heteroatoms. The summed E-state index contributed by atoms with van der Waals surface area (Å²) in [6, 6.07) is 7.86. The maximum atomic E-state index is 12.3. The van der Waals surface area contributed by atoms with Crippen LogP contribution in [-0.4, -0.2) is 32.4 Å². The summed E-state index contributed by atoms with van der Waals surface area (Å²) in [5.74, 6) is 0.761. The van der Waals surface area contributed by atoms with E-state index in [-0.39, 0.29) is 6.03 Å². The van der Waals surface area contributed by atoms with Crippen LogP contribution in [-0.2, 0) is 12.0 Å². The van der Waals surface area contributed by atoms with Crippen LogP contribution >= 0.6 is 11.3 Å². The smallest absolute Gasteiger partial charge is 0.315 e. The van der Waals surface area contributed by atoms with Gasteiger partial charge in [0.05, 0.1) is 5.54 Å². The first-order valence-electron chi connectivity index (χ1n) is 8.76. The Labute approximate surface area is 162 Å². The fourth-order valence-electron chi connectivity index (χ4n) is 2.71. The van der Waals surface area contributed by atoms with Crippen LogP contribution in [0.2, 0.25) is 0 Å². The molecule has 27 heavy (non-hydrogen) atoms. The van der Waals surface area contributed by atoms with Gasteiger partial charge in [-0.3, -0.25) is 0 Å². The summed E-state index contributed by atoms with van der Waals surface area (Å²) in [6.07, 6.45) is 0.645. The van der Waals surface area contributed by atoms with Gasteiger partial charge in [-0.15, -0.1) is 10.2 Å². The van der Waals surface area contributed by atoms with Crippen molar-refractivity contribution in [2.75, 3.05) is 6.54 Å². The van der Waals surface area contributed by atoms with Gasteiger partial charge in [0.25, 0.3) is 0 Å². The van der Waals surface area contributed by atoms with Crippen LogP contribution in [0.25, 0.3) is 10.5 Å². The van der Waals surface area contributed by atoms with E-state index in [9.17, 15) is 4.79 Å². The molecule has 0 unspecified atom stereocenters. The minimum absolute atomic E-state index is 0.208. The standard InChI is InChI=1S/C19H24N6OS/c1-12(2)14-7-6-8-15(11-14)19(4,5)21-17(26)20-10-9-16-24-25-13(3)22-23-18(25)27-16/h6-8,11H,1,9-10H2,2-5H3,(H2,20,21,26). The molecular weight excluding hydrogens is 360 g/mol. The molecule has 0 saturated heterocycles. The summed E-state index contributed by atoms with van der Waals surface area (Å²) in [4.78, 5) is 13.1. The Bertz CT molecular complexity index is 987. The third-order valence-electron chi connectivity index (χ3n) is 4.32. The molecule has 0 saturated carbocycles. The number of urea groups is 1. The number of carbonyl (C=O) groups is 1. The number of nitrogens with one attached hydrogen (secondary N) is 2. The van der Waals surface area contributed by atoms with Crippen LogP contribution in [0.3, 0.4) is 0 Å². The van der Waals surface area contributed by atoms with Gasteiger partial charge in [-0.1, -0.05) is 41.7 Å². The molecule has 2 N–H and O–H groups in total. The van der Waals surface area contributed by atoms with Crippen molar-refractivity contribution in [3.8, 4) is 0 Å². The highest BCUT2D eigenvalue weighted by Crippen LogP contribution is 2.23. The highest BCUT2D eigenvalue weighted by Gasteiger charge is 2.23. The van der Waals surface area contributed by atoms with Crippen LogP contribution in [0, 0.1) is 6.92 Å². The van der Waals surface area contributed by atoms with Gasteiger partial charge in [-0.05, 0) is 44.9 Å². The zero-order valence-electron chi connectivity index (χ0n) is 16.0. The van der Waals surface area contributed by atoms with Gasteiger partial charge in [0.1, 0.15) is 5.01 Å². The molecule has 0 fully saturated rings. The van der Waals surface area contributed by atoms with E-state index in [0.717, 1.165) is 32.5 Å². The maximum absolute atomic E-state index is 12.3.